The van der Waals surface area contributed by atoms with E-state index in [1.54, 1.807) is 18.3 Å². The lowest BCUT2D eigenvalue weighted by Crippen LogP contribution is -1.94. The lowest BCUT2D eigenvalue weighted by Gasteiger charge is -2.06. The Kier molecular flexibility index (Phi) is 2.79. The predicted octanol–water partition coefficient (Wildman–Crippen LogP) is 3.92. The molecule has 1 aromatic heterocycles. The van der Waals surface area contributed by atoms with Gasteiger partial charge in [-0.1, -0.05) is 24.3 Å². The van der Waals surface area contributed by atoms with Crippen LogP contribution in [0.5, 0.6) is 0 Å². The summed E-state index contributed by atoms with van der Waals surface area (Å²) in [5.74, 6) is 0.689. The molecule has 0 fully saturated rings. The van der Waals surface area contributed by atoms with E-state index in [0.29, 0.717) is 11.5 Å². The number of fused-ring (bicyclic) bond motifs is 1. The van der Waals surface area contributed by atoms with Gasteiger partial charge in [0.2, 0.25) is 0 Å². The molecule has 0 unspecified atom stereocenters. The zero-order valence-electron chi connectivity index (χ0n) is 10.0. The first-order valence-electron chi connectivity index (χ1n) is 5.81. The number of para-hydroxylation sites is 2. The van der Waals surface area contributed by atoms with Crippen molar-refractivity contribution in [2.75, 3.05) is 5.32 Å². The van der Waals surface area contributed by atoms with Gasteiger partial charge in [-0.15, -0.1) is 0 Å². The largest absolute Gasteiger partial charge is 0.339 e. The van der Waals surface area contributed by atoms with Crippen molar-refractivity contribution >= 4 is 28.2 Å². The second kappa shape index (κ2) is 4.75. The van der Waals surface area contributed by atoms with E-state index in [-0.39, 0.29) is 0 Å². The zero-order valence-corrected chi connectivity index (χ0v) is 10.0. The predicted molar refractivity (Wildman–Crippen MR) is 75.5 cm³/mol. The molecular formula is C15H10N4. The van der Waals surface area contributed by atoms with Gasteiger partial charge in [-0.05, 0) is 24.3 Å². The Morgan fingerprint density at radius 1 is 0.947 bits per heavy atom. The summed E-state index contributed by atoms with van der Waals surface area (Å²) in [6.07, 6.45) is 1.70. The van der Waals surface area contributed by atoms with Crippen molar-refractivity contribution in [3.8, 4) is 0 Å². The van der Waals surface area contributed by atoms with Crippen LogP contribution in [-0.4, -0.2) is 9.97 Å². The van der Waals surface area contributed by atoms with Crippen LogP contribution in [0.4, 0.5) is 17.2 Å². The van der Waals surface area contributed by atoms with Crippen LogP contribution in [-0.2, 0) is 0 Å². The SMILES string of the molecule is [C-]#[N+]c1ccc(Nc2cnc3ccccc3n2)cc1. The summed E-state index contributed by atoms with van der Waals surface area (Å²) in [4.78, 5) is 12.2. The molecule has 3 aromatic rings. The fourth-order valence-electron chi connectivity index (χ4n) is 1.78. The highest BCUT2D eigenvalue weighted by atomic mass is 15.0. The minimum absolute atomic E-state index is 0.621. The van der Waals surface area contributed by atoms with Crippen molar-refractivity contribution in [2.24, 2.45) is 0 Å². The van der Waals surface area contributed by atoms with Gasteiger partial charge in [0, 0.05) is 5.69 Å². The Hall–Kier alpha value is -2.93. The number of hydrogen-bond donors (Lipinski definition) is 1. The monoisotopic (exact) mass is 246 g/mol. The fraction of sp³-hybridized carbons (Fsp3) is 0. The van der Waals surface area contributed by atoms with Crippen LogP contribution in [0, 0.1) is 6.57 Å². The highest BCUT2D eigenvalue weighted by Gasteiger charge is 2.00. The molecular weight excluding hydrogens is 236 g/mol. The molecule has 0 saturated carbocycles. The molecule has 0 aliphatic heterocycles. The summed E-state index contributed by atoms with van der Waals surface area (Å²) < 4.78 is 0. The molecule has 0 aliphatic carbocycles. The third kappa shape index (κ3) is 2.35. The number of aromatic nitrogens is 2. The van der Waals surface area contributed by atoms with E-state index >= 15 is 0 Å². The molecule has 19 heavy (non-hydrogen) atoms. The van der Waals surface area contributed by atoms with Gasteiger partial charge >= 0.3 is 0 Å². The van der Waals surface area contributed by atoms with E-state index < -0.39 is 0 Å². The molecule has 0 amide bonds. The number of anilines is 2. The smallest absolute Gasteiger partial charge is 0.187 e. The van der Waals surface area contributed by atoms with E-state index in [2.05, 4.69) is 20.1 Å². The van der Waals surface area contributed by atoms with Crippen molar-refractivity contribution in [3.63, 3.8) is 0 Å². The first kappa shape index (κ1) is 11.2. The molecule has 0 saturated heterocycles. The molecule has 1 N–H and O–H groups in total. The van der Waals surface area contributed by atoms with E-state index in [1.807, 2.05) is 36.4 Å². The Balaban J connectivity index is 1.90. The van der Waals surface area contributed by atoms with Crippen LogP contribution >= 0.6 is 0 Å². The van der Waals surface area contributed by atoms with Crippen LogP contribution in [0.15, 0.2) is 54.7 Å². The van der Waals surface area contributed by atoms with Gasteiger partial charge in [0.15, 0.2) is 5.69 Å². The Morgan fingerprint density at radius 2 is 1.68 bits per heavy atom. The quantitative estimate of drug-likeness (QED) is 0.697. The molecule has 0 bridgehead atoms. The molecule has 4 heteroatoms. The summed E-state index contributed by atoms with van der Waals surface area (Å²) >= 11 is 0. The van der Waals surface area contributed by atoms with E-state index in [9.17, 15) is 0 Å². The van der Waals surface area contributed by atoms with E-state index in [0.717, 1.165) is 16.7 Å². The summed E-state index contributed by atoms with van der Waals surface area (Å²) in [7, 11) is 0. The highest BCUT2D eigenvalue weighted by Crippen LogP contribution is 2.20. The van der Waals surface area contributed by atoms with Gasteiger partial charge in [0.25, 0.3) is 0 Å². The molecule has 0 spiro atoms. The van der Waals surface area contributed by atoms with Crippen LogP contribution < -0.4 is 5.32 Å². The number of nitrogens with zero attached hydrogens (tertiary/aromatic N) is 3. The molecule has 4 nitrogen and oxygen atoms in total. The molecule has 90 valence electrons. The van der Waals surface area contributed by atoms with Crippen LogP contribution in [0.2, 0.25) is 0 Å². The Bertz CT molecular complexity index is 757. The number of nitrogens with one attached hydrogen (secondary N) is 1. The maximum Gasteiger partial charge on any atom is 0.187 e. The van der Waals surface area contributed by atoms with Crippen LogP contribution in [0.25, 0.3) is 15.9 Å². The minimum Gasteiger partial charge on any atom is -0.339 e. The summed E-state index contributed by atoms with van der Waals surface area (Å²) in [6, 6.07) is 15.0. The lowest BCUT2D eigenvalue weighted by atomic mass is 10.3. The summed E-state index contributed by atoms with van der Waals surface area (Å²) in [5, 5.41) is 3.17. The second-order valence-corrected chi connectivity index (χ2v) is 4.03. The molecule has 0 aliphatic rings. The number of hydrogen-bond acceptors (Lipinski definition) is 3. The van der Waals surface area contributed by atoms with Crippen molar-refractivity contribution in [3.05, 3.63) is 66.1 Å². The van der Waals surface area contributed by atoms with Gasteiger partial charge in [0.05, 0.1) is 23.8 Å². The molecule has 1 heterocycles. The normalized spacial score (nSPS) is 10.1. The average Bonchev–Trinajstić information content (AvgIpc) is 2.48. The van der Waals surface area contributed by atoms with E-state index in [1.165, 1.54) is 0 Å². The van der Waals surface area contributed by atoms with E-state index in [4.69, 9.17) is 6.57 Å². The highest BCUT2D eigenvalue weighted by molar-refractivity contribution is 5.76. The van der Waals surface area contributed by atoms with Gasteiger partial charge in [-0.25, -0.2) is 9.83 Å². The van der Waals surface area contributed by atoms with Crippen LogP contribution in [0.1, 0.15) is 0 Å². The number of rotatable bonds is 2. The maximum absolute atomic E-state index is 6.91. The second-order valence-electron chi connectivity index (χ2n) is 4.03. The third-order valence-electron chi connectivity index (χ3n) is 2.72. The first-order valence-corrected chi connectivity index (χ1v) is 5.81. The third-order valence-corrected chi connectivity index (χ3v) is 2.72. The maximum atomic E-state index is 6.91. The zero-order chi connectivity index (χ0) is 13.1. The molecule has 0 atom stereocenters. The molecule has 0 radical (unpaired) electrons. The Morgan fingerprint density at radius 3 is 2.42 bits per heavy atom. The van der Waals surface area contributed by atoms with Crippen LogP contribution in [0.3, 0.4) is 0 Å². The first-order chi connectivity index (χ1) is 9.35. The van der Waals surface area contributed by atoms with Crippen molar-refractivity contribution in [1.82, 2.24) is 9.97 Å². The van der Waals surface area contributed by atoms with Gasteiger partial charge in [-0.3, -0.25) is 4.98 Å². The van der Waals surface area contributed by atoms with Gasteiger partial charge in [-0.2, -0.15) is 0 Å². The van der Waals surface area contributed by atoms with Crippen molar-refractivity contribution in [1.29, 1.82) is 0 Å². The van der Waals surface area contributed by atoms with Gasteiger partial charge in [0.1, 0.15) is 5.82 Å². The lowest BCUT2D eigenvalue weighted by molar-refractivity contribution is 1.28. The number of benzene rings is 2. The van der Waals surface area contributed by atoms with Crippen molar-refractivity contribution < 1.29 is 0 Å². The minimum atomic E-state index is 0.621. The Labute approximate surface area is 110 Å². The standard InChI is InChI=1S/C15H10N4/c1-16-11-6-8-12(9-7-11)18-15-10-17-13-4-2-3-5-14(13)19-15/h2-10H,(H,18,19). The van der Waals surface area contributed by atoms with Gasteiger partial charge < -0.3 is 5.32 Å². The topological polar surface area (TPSA) is 42.2 Å². The van der Waals surface area contributed by atoms with Crippen molar-refractivity contribution in [2.45, 2.75) is 0 Å². The molecule has 3 rings (SSSR count). The summed E-state index contributed by atoms with van der Waals surface area (Å²) in [6.45, 7) is 6.91. The molecule has 2 aromatic carbocycles. The average molecular weight is 246 g/mol. The summed E-state index contributed by atoms with van der Waals surface area (Å²) in [5.41, 5.74) is 3.23. The fourth-order valence-corrected chi connectivity index (χ4v) is 1.78.